The summed E-state index contributed by atoms with van der Waals surface area (Å²) in [6, 6.07) is 6.69. The number of hydrogen-bond acceptors (Lipinski definition) is 2. The first-order valence-corrected chi connectivity index (χ1v) is 6.96. The van der Waals surface area contributed by atoms with Crippen molar-refractivity contribution in [3.05, 3.63) is 35.4 Å². The van der Waals surface area contributed by atoms with Crippen LogP contribution in [-0.4, -0.2) is 23.1 Å². The van der Waals surface area contributed by atoms with Crippen LogP contribution in [0.15, 0.2) is 24.3 Å². The Balaban J connectivity index is 1.76. The van der Waals surface area contributed by atoms with E-state index in [9.17, 15) is 9.59 Å². The van der Waals surface area contributed by atoms with Crippen molar-refractivity contribution in [3.8, 4) is 0 Å². The number of amides is 2. The molecule has 108 valence electrons. The Morgan fingerprint density at radius 2 is 2.20 bits per heavy atom. The van der Waals surface area contributed by atoms with Gasteiger partial charge in [0.2, 0.25) is 0 Å². The minimum atomic E-state index is -0.961. The smallest absolute Gasteiger partial charge is 0.335 e. The van der Waals surface area contributed by atoms with E-state index in [-0.39, 0.29) is 11.6 Å². The largest absolute Gasteiger partial charge is 0.478 e. The summed E-state index contributed by atoms with van der Waals surface area (Å²) >= 11 is 0. The molecule has 0 spiro atoms. The molecule has 2 atom stereocenters. The van der Waals surface area contributed by atoms with Crippen LogP contribution in [0.3, 0.4) is 0 Å². The number of hydrogen-bond donors (Lipinski definition) is 3. The molecule has 5 nitrogen and oxygen atoms in total. The lowest BCUT2D eigenvalue weighted by Gasteiger charge is -2.08. The van der Waals surface area contributed by atoms with Crippen LogP contribution in [0.4, 0.5) is 4.79 Å². The van der Waals surface area contributed by atoms with Crippen LogP contribution >= 0.6 is 0 Å². The zero-order chi connectivity index (χ0) is 14.5. The maximum atomic E-state index is 11.7. The number of aromatic carboxylic acids is 1. The summed E-state index contributed by atoms with van der Waals surface area (Å²) in [5.74, 6) is -0.335. The molecule has 1 aliphatic rings. The Bertz CT molecular complexity index is 502. The topological polar surface area (TPSA) is 78.4 Å². The third-order valence-corrected chi connectivity index (χ3v) is 3.53. The van der Waals surface area contributed by atoms with Gasteiger partial charge in [0.25, 0.3) is 0 Å². The number of nitrogens with one attached hydrogen (secondary N) is 2. The van der Waals surface area contributed by atoms with Gasteiger partial charge in [-0.25, -0.2) is 9.59 Å². The van der Waals surface area contributed by atoms with Gasteiger partial charge in [-0.1, -0.05) is 25.5 Å². The fraction of sp³-hybridized carbons (Fsp3) is 0.467. The molecule has 2 amide bonds. The molecule has 1 saturated carbocycles. The zero-order valence-corrected chi connectivity index (χ0v) is 11.6. The van der Waals surface area contributed by atoms with Crippen molar-refractivity contribution in [1.82, 2.24) is 10.6 Å². The molecule has 20 heavy (non-hydrogen) atoms. The molecule has 1 aromatic rings. The zero-order valence-electron chi connectivity index (χ0n) is 11.6. The SMILES string of the molecule is CCCC1CC1NC(=O)NCc1cccc(C(=O)O)c1. The van der Waals surface area contributed by atoms with Crippen molar-refractivity contribution in [1.29, 1.82) is 0 Å². The van der Waals surface area contributed by atoms with Gasteiger partial charge in [-0.3, -0.25) is 0 Å². The number of carboxylic acids is 1. The molecular formula is C15H20N2O3. The van der Waals surface area contributed by atoms with Gasteiger partial charge in [-0.05, 0) is 36.5 Å². The van der Waals surface area contributed by atoms with Crippen LogP contribution in [0.25, 0.3) is 0 Å². The Kier molecular flexibility index (Phi) is 4.61. The molecule has 1 aliphatic carbocycles. The van der Waals surface area contributed by atoms with Gasteiger partial charge in [0.15, 0.2) is 0 Å². The molecular weight excluding hydrogens is 256 g/mol. The van der Waals surface area contributed by atoms with Crippen molar-refractivity contribution < 1.29 is 14.7 Å². The first-order chi connectivity index (χ1) is 9.60. The molecule has 1 aromatic carbocycles. The standard InChI is InChI=1S/C15H20N2O3/c1-2-4-11-8-13(11)17-15(20)16-9-10-5-3-6-12(7-10)14(18)19/h3,5-7,11,13H,2,4,8-9H2,1H3,(H,18,19)(H2,16,17,20). The van der Waals surface area contributed by atoms with E-state index >= 15 is 0 Å². The van der Waals surface area contributed by atoms with Crippen LogP contribution < -0.4 is 10.6 Å². The third kappa shape index (κ3) is 3.98. The van der Waals surface area contributed by atoms with E-state index in [2.05, 4.69) is 17.6 Å². The van der Waals surface area contributed by atoms with E-state index in [0.717, 1.165) is 24.8 Å². The van der Waals surface area contributed by atoms with Crippen LogP contribution in [0, 0.1) is 5.92 Å². The number of carbonyl (C=O) groups excluding carboxylic acids is 1. The van der Waals surface area contributed by atoms with E-state index in [4.69, 9.17) is 5.11 Å². The van der Waals surface area contributed by atoms with Gasteiger partial charge < -0.3 is 15.7 Å². The highest BCUT2D eigenvalue weighted by molar-refractivity contribution is 5.87. The normalized spacial score (nSPS) is 20.2. The predicted molar refractivity (Wildman–Crippen MR) is 75.6 cm³/mol. The third-order valence-electron chi connectivity index (χ3n) is 3.53. The number of rotatable bonds is 6. The first kappa shape index (κ1) is 14.4. The highest BCUT2D eigenvalue weighted by atomic mass is 16.4. The summed E-state index contributed by atoms with van der Waals surface area (Å²) in [5, 5.41) is 14.6. The molecule has 0 radical (unpaired) electrons. The Hall–Kier alpha value is -2.04. The molecule has 5 heteroatoms. The van der Waals surface area contributed by atoms with Crippen molar-refractivity contribution >= 4 is 12.0 Å². The summed E-state index contributed by atoms with van der Waals surface area (Å²) in [7, 11) is 0. The van der Waals surface area contributed by atoms with Gasteiger partial charge in [-0.2, -0.15) is 0 Å². The average molecular weight is 276 g/mol. The monoisotopic (exact) mass is 276 g/mol. The van der Waals surface area contributed by atoms with E-state index < -0.39 is 5.97 Å². The second-order valence-corrected chi connectivity index (χ2v) is 5.22. The molecule has 1 fully saturated rings. The van der Waals surface area contributed by atoms with Crippen LogP contribution in [0.2, 0.25) is 0 Å². The van der Waals surface area contributed by atoms with Crippen molar-refractivity contribution in [2.75, 3.05) is 0 Å². The van der Waals surface area contributed by atoms with Crippen LogP contribution in [0.1, 0.15) is 42.1 Å². The number of carboxylic acid groups (broad SMARTS) is 1. The van der Waals surface area contributed by atoms with Crippen LogP contribution in [-0.2, 0) is 6.54 Å². The second-order valence-electron chi connectivity index (χ2n) is 5.22. The fourth-order valence-electron chi connectivity index (χ4n) is 2.33. The summed E-state index contributed by atoms with van der Waals surface area (Å²) in [6.07, 6.45) is 3.37. The van der Waals surface area contributed by atoms with Gasteiger partial charge in [0, 0.05) is 12.6 Å². The molecule has 0 aromatic heterocycles. The lowest BCUT2D eigenvalue weighted by atomic mass is 10.1. The summed E-state index contributed by atoms with van der Waals surface area (Å²) in [5.41, 5.74) is 1.01. The number of carbonyl (C=O) groups is 2. The quantitative estimate of drug-likeness (QED) is 0.746. The number of benzene rings is 1. The highest BCUT2D eigenvalue weighted by Crippen LogP contribution is 2.34. The summed E-state index contributed by atoms with van der Waals surface area (Å²) in [6.45, 7) is 2.48. The first-order valence-electron chi connectivity index (χ1n) is 6.96. The van der Waals surface area contributed by atoms with Gasteiger partial charge in [0.05, 0.1) is 5.56 Å². The maximum Gasteiger partial charge on any atom is 0.335 e. The Morgan fingerprint density at radius 1 is 1.40 bits per heavy atom. The van der Waals surface area contributed by atoms with Crippen molar-refractivity contribution in [3.63, 3.8) is 0 Å². The predicted octanol–water partition coefficient (Wildman–Crippen LogP) is 2.37. The molecule has 0 aliphatic heterocycles. The van der Waals surface area contributed by atoms with Gasteiger partial charge in [0.1, 0.15) is 0 Å². The maximum absolute atomic E-state index is 11.7. The second kappa shape index (κ2) is 6.41. The molecule has 0 bridgehead atoms. The van der Waals surface area contributed by atoms with E-state index in [1.165, 1.54) is 6.07 Å². The summed E-state index contributed by atoms with van der Waals surface area (Å²) in [4.78, 5) is 22.5. The molecule has 2 unspecified atom stereocenters. The minimum absolute atomic E-state index is 0.186. The Labute approximate surface area is 118 Å². The van der Waals surface area contributed by atoms with Gasteiger partial charge >= 0.3 is 12.0 Å². The lowest BCUT2D eigenvalue weighted by Crippen LogP contribution is -2.37. The van der Waals surface area contributed by atoms with E-state index in [1.807, 2.05) is 0 Å². The molecule has 0 heterocycles. The minimum Gasteiger partial charge on any atom is -0.478 e. The lowest BCUT2D eigenvalue weighted by molar-refractivity contribution is 0.0696. The van der Waals surface area contributed by atoms with Crippen LogP contribution in [0.5, 0.6) is 0 Å². The summed E-state index contributed by atoms with van der Waals surface area (Å²) < 4.78 is 0. The van der Waals surface area contributed by atoms with Crippen molar-refractivity contribution in [2.24, 2.45) is 5.92 Å². The fourth-order valence-corrected chi connectivity index (χ4v) is 2.33. The van der Waals surface area contributed by atoms with E-state index in [0.29, 0.717) is 18.5 Å². The molecule has 2 rings (SSSR count). The average Bonchev–Trinajstić information content (AvgIpc) is 3.15. The number of urea groups is 1. The van der Waals surface area contributed by atoms with Crippen molar-refractivity contribution in [2.45, 2.75) is 38.8 Å². The van der Waals surface area contributed by atoms with E-state index in [1.54, 1.807) is 18.2 Å². The molecule has 0 saturated heterocycles. The Morgan fingerprint density at radius 3 is 2.90 bits per heavy atom. The highest BCUT2D eigenvalue weighted by Gasteiger charge is 2.36. The van der Waals surface area contributed by atoms with Gasteiger partial charge in [-0.15, -0.1) is 0 Å². The molecule has 3 N–H and O–H groups in total.